The lowest BCUT2D eigenvalue weighted by Crippen LogP contribution is -2.14. The van der Waals surface area contributed by atoms with E-state index in [0.717, 1.165) is 45.3 Å². The van der Waals surface area contributed by atoms with Crippen molar-refractivity contribution in [3.8, 4) is 11.1 Å². The summed E-state index contributed by atoms with van der Waals surface area (Å²) in [5.74, 6) is 0. The van der Waals surface area contributed by atoms with E-state index in [4.69, 9.17) is 0 Å². The Labute approximate surface area is 356 Å². The topological polar surface area (TPSA) is 6.48 Å². The minimum absolute atomic E-state index is 1.11. The third kappa shape index (κ3) is 5.68. The molecule has 0 N–H and O–H groups in total. The van der Waals surface area contributed by atoms with Gasteiger partial charge >= 0.3 is 0 Å². The van der Waals surface area contributed by atoms with Crippen molar-refractivity contribution in [3.05, 3.63) is 218 Å². The Hall–Kier alpha value is -7.24. The van der Waals surface area contributed by atoms with E-state index in [0.29, 0.717) is 0 Å². The summed E-state index contributed by atoms with van der Waals surface area (Å²) in [4.78, 5) is 4.95. The summed E-state index contributed by atoms with van der Waals surface area (Å²) in [5, 5.41) is 10.0. The Balaban J connectivity index is 1.11. The van der Waals surface area contributed by atoms with Crippen molar-refractivity contribution in [2.24, 2.45) is 0 Å². The summed E-state index contributed by atoms with van der Waals surface area (Å²) in [6, 6.07) is 80.1. The number of fused-ring (bicyclic) bond motifs is 8. The first-order valence-electron chi connectivity index (χ1n) is 20.3. The molecule has 60 heavy (non-hydrogen) atoms. The van der Waals surface area contributed by atoms with Gasteiger partial charge in [0.25, 0.3) is 0 Å². The van der Waals surface area contributed by atoms with Gasteiger partial charge in [-0.1, -0.05) is 158 Å². The zero-order valence-electron chi connectivity index (χ0n) is 32.5. The number of rotatable bonds is 7. The highest BCUT2D eigenvalue weighted by Crippen LogP contribution is 2.50. The van der Waals surface area contributed by atoms with Gasteiger partial charge in [-0.05, 0) is 71.4 Å². The highest BCUT2D eigenvalue weighted by Gasteiger charge is 2.25. The van der Waals surface area contributed by atoms with Crippen LogP contribution in [-0.2, 0) is 0 Å². The first kappa shape index (κ1) is 34.8. The maximum Gasteiger partial charge on any atom is 0.0541 e. The molecule has 0 amide bonds. The molecule has 0 spiro atoms. The predicted octanol–water partition coefficient (Wildman–Crippen LogP) is 17.3. The summed E-state index contributed by atoms with van der Waals surface area (Å²) in [7, 11) is 0. The average Bonchev–Trinajstić information content (AvgIpc) is 3.87. The molecule has 12 aromatic rings. The Morgan fingerprint density at radius 3 is 1.08 bits per heavy atom. The molecule has 0 aliphatic rings. The first-order chi connectivity index (χ1) is 29.8. The van der Waals surface area contributed by atoms with Crippen molar-refractivity contribution < 1.29 is 0 Å². The normalized spacial score (nSPS) is 11.7. The van der Waals surface area contributed by atoms with E-state index in [-0.39, 0.29) is 0 Å². The largest absolute Gasteiger partial charge is 0.309 e. The van der Waals surface area contributed by atoms with E-state index in [9.17, 15) is 0 Å². The number of benzene rings is 10. The molecular formula is C56H36N2S2. The van der Waals surface area contributed by atoms with Gasteiger partial charge in [-0.15, -0.1) is 22.7 Å². The van der Waals surface area contributed by atoms with E-state index in [1.165, 1.54) is 61.9 Å². The summed E-state index contributed by atoms with van der Waals surface area (Å²) in [6.07, 6.45) is 0. The lowest BCUT2D eigenvalue weighted by Gasteiger charge is -2.32. The monoisotopic (exact) mass is 800 g/mol. The fraction of sp³-hybridized carbons (Fsp3) is 0. The van der Waals surface area contributed by atoms with E-state index in [1.807, 2.05) is 22.7 Å². The molecule has 0 saturated heterocycles. The lowest BCUT2D eigenvalue weighted by molar-refractivity contribution is 1.28. The Kier molecular flexibility index (Phi) is 8.25. The van der Waals surface area contributed by atoms with E-state index in [1.54, 1.807) is 0 Å². The molecule has 2 aromatic heterocycles. The molecule has 0 aliphatic heterocycles. The van der Waals surface area contributed by atoms with Crippen LogP contribution >= 0.6 is 22.7 Å². The second kappa shape index (κ2) is 14.2. The van der Waals surface area contributed by atoms with Crippen molar-refractivity contribution in [1.29, 1.82) is 0 Å². The zero-order chi connectivity index (χ0) is 39.6. The summed E-state index contributed by atoms with van der Waals surface area (Å²) in [6.45, 7) is 0. The molecule has 0 aliphatic carbocycles. The van der Waals surface area contributed by atoms with Crippen LogP contribution < -0.4 is 9.80 Å². The summed E-state index contributed by atoms with van der Waals surface area (Å²) in [5.41, 5.74) is 9.03. The molecule has 0 unspecified atom stereocenters. The minimum atomic E-state index is 1.11. The molecule has 10 aromatic carbocycles. The van der Waals surface area contributed by atoms with Gasteiger partial charge in [0, 0.05) is 73.6 Å². The van der Waals surface area contributed by atoms with Crippen LogP contribution in [0.2, 0.25) is 0 Å². The van der Waals surface area contributed by atoms with Gasteiger partial charge in [-0.25, -0.2) is 0 Å². The number of nitrogens with zero attached hydrogens (tertiary/aromatic N) is 2. The van der Waals surface area contributed by atoms with Crippen molar-refractivity contribution in [2.75, 3.05) is 9.80 Å². The zero-order valence-corrected chi connectivity index (χ0v) is 34.1. The van der Waals surface area contributed by atoms with Crippen LogP contribution in [0.25, 0.3) is 73.0 Å². The van der Waals surface area contributed by atoms with Gasteiger partial charge in [-0.2, -0.15) is 0 Å². The lowest BCUT2D eigenvalue weighted by atomic mass is 9.97. The SMILES string of the molecule is c1ccc(N(c2ccc3c(c2)sc2ccccc23)c2cccc3ccccc23)c(-c2ccccc2N(c2ccc3c(c2)sc2ccccc23)c2cccc3ccccc23)c1. The molecule has 0 radical (unpaired) electrons. The predicted molar refractivity (Wildman–Crippen MR) is 262 cm³/mol. The highest BCUT2D eigenvalue weighted by molar-refractivity contribution is 7.26. The second-order valence-corrected chi connectivity index (χ2v) is 17.4. The minimum Gasteiger partial charge on any atom is -0.309 e. The molecular weight excluding hydrogens is 765 g/mol. The average molecular weight is 801 g/mol. The van der Waals surface area contributed by atoms with Gasteiger partial charge < -0.3 is 9.80 Å². The van der Waals surface area contributed by atoms with E-state index < -0.39 is 0 Å². The van der Waals surface area contributed by atoms with Crippen LogP contribution in [0.15, 0.2) is 218 Å². The Morgan fingerprint density at radius 2 is 0.600 bits per heavy atom. The van der Waals surface area contributed by atoms with Gasteiger partial charge in [-0.3, -0.25) is 0 Å². The van der Waals surface area contributed by atoms with Crippen LogP contribution in [0.4, 0.5) is 34.1 Å². The molecule has 2 nitrogen and oxygen atoms in total. The second-order valence-electron chi connectivity index (χ2n) is 15.3. The number of thiophene rings is 2. The van der Waals surface area contributed by atoms with Crippen LogP contribution in [0.5, 0.6) is 0 Å². The number of para-hydroxylation sites is 2. The van der Waals surface area contributed by atoms with E-state index in [2.05, 4.69) is 228 Å². The van der Waals surface area contributed by atoms with Crippen LogP contribution in [0.3, 0.4) is 0 Å². The molecule has 0 atom stereocenters. The molecule has 0 bridgehead atoms. The maximum absolute atomic E-state index is 2.48. The number of hydrogen-bond donors (Lipinski definition) is 0. The van der Waals surface area contributed by atoms with Gasteiger partial charge in [0.05, 0.1) is 22.7 Å². The molecule has 4 heteroatoms. The van der Waals surface area contributed by atoms with Gasteiger partial charge in [0.2, 0.25) is 0 Å². The number of anilines is 6. The quantitative estimate of drug-likeness (QED) is 0.158. The third-order valence-electron chi connectivity index (χ3n) is 11.8. The molecule has 2 heterocycles. The van der Waals surface area contributed by atoms with Gasteiger partial charge in [0.1, 0.15) is 0 Å². The fourth-order valence-electron chi connectivity index (χ4n) is 9.12. The van der Waals surface area contributed by atoms with Crippen LogP contribution in [0.1, 0.15) is 0 Å². The smallest absolute Gasteiger partial charge is 0.0541 e. The van der Waals surface area contributed by atoms with E-state index >= 15 is 0 Å². The van der Waals surface area contributed by atoms with Crippen molar-refractivity contribution >= 4 is 119 Å². The fourth-order valence-corrected chi connectivity index (χ4v) is 11.4. The maximum atomic E-state index is 2.48. The summed E-state index contributed by atoms with van der Waals surface area (Å²) >= 11 is 3.72. The first-order valence-corrected chi connectivity index (χ1v) is 22.0. The highest BCUT2D eigenvalue weighted by atomic mass is 32.1. The van der Waals surface area contributed by atoms with Crippen LogP contribution in [0, 0.1) is 0 Å². The third-order valence-corrected chi connectivity index (χ3v) is 14.1. The molecule has 0 saturated carbocycles. The molecule has 282 valence electrons. The molecule has 0 fully saturated rings. The van der Waals surface area contributed by atoms with Crippen molar-refractivity contribution in [2.45, 2.75) is 0 Å². The summed E-state index contributed by atoms with van der Waals surface area (Å²) < 4.78 is 5.15. The van der Waals surface area contributed by atoms with Gasteiger partial charge in [0.15, 0.2) is 0 Å². The Morgan fingerprint density at radius 1 is 0.250 bits per heavy atom. The standard InChI is InChI=1S/C56H36N2S2/c1-3-19-41-37(15-1)17-13-27-49(41)57(39-31-33-47-45-23-7-11-29-53(45)59-55(47)35-39)51-25-9-5-21-43(51)44-22-6-10-26-52(44)58(50-28-14-18-38-16-2-4-20-42(38)50)40-32-34-48-46-24-8-12-30-54(46)60-56(48)36-40/h1-36H. The Bertz CT molecular complexity index is 3350. The van der Waals surface area contributed by atoms with Crippen molar-refractivity contribution in [3.63, 3.8) is 0 Å². The molecule has 12 rings (SSSR count). The number of hydrogen-bond acceptors (Lipinski definition) is 4. The van der Waals surface area contributed by atoms with Crippen LogP contribution in [-0.4, -0.2) is 0 Å². The van der Waals surface area contributed by atoms with Crippen molar-refractivity contribution in [1.82, 2.24) is 0 Å².